The Balaban J connectivity index is 1.57. The van der Waals surface area contributed by atoms with E-state index in [1.54, 1.807) is 24.7 Å². The second kappa shape index (κ2) is 6.39. The van der Waals surface area contributed by atoms with E-state index in [0.29, 0.717) is 6.54 Å². The van der Waals surface area contributed by atoms with Crippen LogP contribution in [0.25, 0.3) is 10.9 Å². The van der Waals surface area contributed by atoms with Crippen LogP contribution in [-0.4, -0.2) is 34.1 Å². The molecule has 1 atom stereocenters. The average molecular weight is 324 g/mol. The number of aromatic nitrogens is 3. The van der Waals surface area contributed by atoms with Crippen LogP contribution in [0.4, 0.5) is 10.1 Å². The highest BCUT2D eigenvalue weighted by molar-refractivity contribution is 5.90. The third kappa shape index (κ3) is 2.87. The van der Waals surface area contributed by atoms with Crippen molar-refractivity contribution in [1.29, 1.82) is 0 Å². The minimum atomic E-state index is -0.423. The van der Waals surface area contributed by atoms with Crippen molar-refractivity contribution < 1.29 is 9.13 Å². The fraction of sp³-hybridized carbons (Fsp3) is 0.278. The molecule has 0 spiro atoms. The Morgan fingerprint density at radius 1 is 1.12 bits per heavy atom. The zero-order valence-electron chi connectivity index (χ0n) is 13.1. The highest BCUT2D eigenvalue weighted by atomic mass is 19.1. The number of nitrogens with zero attached hydrogens (tertiary/aromatic N) is 4. The summed E-state index contributed by atoms with van der Waals surface area (Å²) >= 11 is 0. The third-order valence-electron chi connectivity index (χ3n) is 4.24. The molecule has 122 valence electrons. The van der Waals surface area contributed by atoms with Gasteiger partial charge in [-0.25, -0.2) is 9.37 Å². The minimum absolute atomic E-state index is 0.0746. The molecule has 0 N–H and O–H groups in total. The predicted octanol–water partition coefficient (Wildman–Crippen LogP) is 3.21. The number of hydrogen-bond acceptors (Lipinski definition) is 5. The third-order valence-corrected chi connectivity index (χ3v) is 4.24. The van der Waals surface area contributed by atoms with Crippen molar-refractivity contribution in [3.8, 4) is 5.88 Å². The number of pyridine rings is 3. The molecule has 0 aromatic carbocycles. The summed E-state index contributed by atoms with van der Waals surface area (Å²) in [6, 6.07) is 6.82. The van der Waals surface area contributed by atoms with Crippen LogP contribution >= 0.6 is 0 Å². The van der Waals surface area contributed by atoms with Gasteiger partial charge in [0.05, 0.1) is 12.1 Å². The lowest BCUT2D eigenvalue weighted by atomic mass is 10.1. The monoisotopic (exact) mass is 324 g/mol. The van der Waals surface area contributed by atoms with Crippen LogP contribution in [-0.2, 0) is 0 Å². The Kier molecular flexibility index (Phi) is 3.94. The normalized spacial score (nSPS) is 17.9. The van der Waals surface area contributed by atoms with Crippen molar-refractivity contribution in [2.75, 3.05) is 18.0 Å². The minimum Gasteiger partial charge on any atom is -0.470 e. The van der Waals surface area contributed by atoms with E-state index < -0.39 is 5.82 Å². The van der Waals surface area contributed by atoms with Gasteiger partial charge in [0.2, 0.25) is 0 Å². The lowest BCUT2D eigenvalue weighted by Crippen LogP contribution is -2.41. The molecule has 1 aliphatic heterocycles. The molecule has 3 aromatic rings. The van der Waals surface area contributed by atoms with Crippen LogP contribution in [0.15, 0.2) is 49.1 Å². The first kappa shape index (κ1) is 14.8. The molecule has 0 bridgehead atoms. The van der Waals surface area contributed by atoms with E-state index in [4.69, 9.17) is 4.74 Å². The fourth-order valence-electron chi connectivity index (χ4n) is 3.12. The van der Waals surface area contributed by atoms with E-state index in [-0.39, 0.29) is 12.0 Å². The molecule has 0 radical (unpaired) electrons. The van der Waals surface area contributed by atoms with Crippen LogP contribution in [0.5, 0.6) is 5.88 Å². The van der Waals surface area contributed by atoms with Crippen molar-refractivity contribution in [2.45, 2.75) is 18.9 Å². The second-order valence-electron chi connectivity index (χ2n) is 5.84. The van der Waals surface area contributed by atoms with Gasteiger partial charge in [-0.2, -0.15) is 0 Å². The lowest BCUT2D eigenvalue weighted by molar-refractivity contribution is 0.164. The summed E-state index contributed by atoms with van der Waals surface area (Å²) in [5, 5.41) is 1.02. The Bertz CT molecular complexity index is 852. The van der Waals surface area contributed by atoms with Gasteiger partial charge in [-0.05, 0) is 37.1 Å². The number of fused-ring (bicyclic) bond motifs is 1. The van der Waals surface area contributed by atoms with E-state index in [9.17, 15) is 4.39 Å². The lowest BCUT2D eigenvalue weighted by Gasteiger charge is -2.34. The predicted molar refractivity (Wildman–Crippen MR) is 89.6 cm³/mol. The number of anilines is 1. The molecular weight excluding hydrogens is 307 g/mol. The Morgan fingerprint density at radius 3 is 3.00 bits per heavy atom. The SMILES string of the molecule is Fc1cccnc1OC1CCCN(c2ccnc3ccncc23)C1. The van der Waals surface area contributed by atoms with Gasteiger partial charge in [0.15, 0.2) is 5.82 Å². The van der Waals surface area contributed by atoms with Crippen molar-refractivity contribution in [3.63, 3.8) is 0 Å². The molecule has 5 nitrogen and oxygen atoms in total. The van der Waals surface area contributed by atoms with Crippen LogP contribution < -0.4 is 9.64 Å². The molecule has 1 aliphatic rings. The van der Waals surface area contributed by atoms with Crippen LogP contribution in [0.3, 0.4) is 0 Å². The van der Waals surface area contributed by atoms with Crippen LogP contribution in [0.1, 0.15) is 12.8 Å². The van der Waals surface area contributed by atoms with Gasteiger partial charge in [0.25, 0.3) is 5.88 Å². The van der Waals surface area contributed by atoms with Gasteiger partial charge < -0.3 is 9.64 Å². The molecule has 0 amide bonds. The van der Waals surface area contributed by atoms with Gasteiger partial charge >= 0.3 is 0 Å². The van der Waals surface area contributed by atoms with Gasteiger partial charge in [-0.15, -0.1) is 0 Å². The van der Waals surface area contributed by atoms with Crippen LogP contribution in [0, 0.1) is 5.82 Å². The van der Waals surface area contributed by atoms with Crippen molar-refractivity contribution >= 4 is 16.6 Å². The molecule has 4 heterocycles. The van der Waals surface area contributed by atoms with Crippen LogP contribution in [0.2, 0.25) is 0 Å². The second-order valence-corrected chi connectivity index (χ2v) is 5.84. The van der Waals surface area contributed by atoms with E-state index in [1.165, 1.54) is 6.07 Å². The summed E-state index contributed by atoms with van der Waals surface area (Å²) < 4.78 is 19.5. The molecule has 6 heteroatoms. The Hall–Kier alpha value is -2.76. The Labute approximate surface area is 139 Å². The highest BCUT2D eigenvalue weighted by Crippen LogP contribution is 2.28. The molecule has 1 unspecified atom stereocenters. The topological polar surface area (TPSA) is 51.1 Å². The molecule has 3 aromatic heterocycles. The molecule has 24 heavy (non-hydrogen) atoms. The van der Waals surface area contributed by atoms with Gasteiger partial charge in [0.1, 0.15) is 6.10 Å². The van der Waals surface area contributed by atoms with E-state index in [2.05, 4.69) is 19.9 Å². The first-order valence-electron chi connectivity index (χ1n) is 8.02. The summed E-state index contributed by atoms with van der Waals surface area (Å²) in [4.78, 5) is 14.8. The first-order chi connectivity index (χ1) is 11.8. The standard InChI is InChI=1S/C18H17FN4O/c19-15-4-1-7-22-18(15)24-13-3-2-10-23(12-13)17-6-9-21-16-5-8-20-11-14(16)17/h1,4-9,11,13H,2-3,10,12H2. The molecule has 1 fully saturated rings. The summed E-state index contributed by atoms with van der Waals surface area (Å²) in [5.74, 6) is -0.348. The molecule has 4 rings (SSSR count). The maximum Gasteiger partial charge on any atom is 0.250 e. The number of halogens is 1. The smallest absolute Gasteiger partial charge is 0.250 e. The largest absolute Gasteiger partial charge is 0.470 e. The van der Waals surface area contributed by atoms with Crippen molar-refractivity contribution in [1.82, 2.24) is 15.0 Å². The van der Waals surface area contributed by atoms with Gasteiger partial charge in [-0.1, -0.05) is 0 Å². The zero-order chi connectivity index (χ0) is 16.4. The summed E-state index contributed by atoms with van der Waals surface area (Å²) in [6.07, 6.45) is 8.69. The number of rotatable bonds is 3. The Morgan fingerprint density at radius 2 is 2.08 bits per heavy atom. The first-order valence-corrected chi connectivity index (χ1v) is 8.02. The summed E-state index contributed by atoms with van der Waals surface area (Å²) in [5.41, 5.74) is 2.00. The van der Waals surface area contributed by atoms with Crippen molar-refractivity contribution in [3.05, 3.63) is 54.9 Å². The highest BCUT2D eigenvalue weighted by Gasteiger charge is 2.24. The molecule has 1 saturated heterocycles. The van der Waals surface area contributed by atoms with E-state index in [0.717, 1.165) is 36.0 Å². The molecule has 0 aliphatic carbocycles. The molecular formula is C18H17FN4O. The van der Waals surface area contributed by atoms with Gasteiger partial charge in [0, 0.05) is 42.4 Å². The van der Waals surface area contributed by atoms with E-state index >= 15 is 0 Å². The van der Waals surface area contributed by atoms with Gasteiger partial charge in [-0.3, -0.25) is 9.97 Å². The quantitative estimate of drug-likeness (QED) is 0.740. The summed E-state index contributed by atoms with van der Waals surface area (Å²) in [7, 11) is 0. The number of piperidine rings is 1. The van der Waals surface area contributed by atoms with Crippen molar-refractivity contribution in [2.24, 2.45) is 0 Å². The number of ether oxygens (including phenoxy) is 1. The summed E-state index contributed by atoms with van der Waals surface area (Å²) in [6.45, 7) is 1.61. The molecule has 0 saturated carbocycles. The maximum atomic E-state index is 13.8. The number of hydrogen-bond donors (Lipinski definition) is 0. The zero-order valence-corrected chi connectivity index (χ0v) is 13.1. The maximum absolute atomic E-state index is 13.8. The van der Waals surface area contributed by atoms with E-state index in [1.807, 2.05) is 18.3 Å². The fourth-order valence-corrected chi connectivity index (χ4v) is 3.12. The average Bonchev–Trinajstić information content (AvgIpc) is 2.63.